The van der Waals surface area contributed by atoms with E-state index in [1.54, 1.807) is 0 Å². The molecule has 0 N–H and O–H groups in total. The van der Waals surface area contributed by atoms with Gasteiger partial charge in [0, 0.05) is 0 Å². The van der Waals surface area contributed by atoms with Crippen molar-refractivity contribution in [3.63, 3.8) is 0 Å². The predicted molar refractivity (Wildman–Crippen MR) is 35.0 cm³/mol. The third-order valence-electron chi connectivity index (χ3n) is 0. The molecule has 0 unspecified atom stereocenters. The first kappa shape index (κ1) is 9.39. The average molecular weight is 89.0 g/mol. The van der Waals surface area contributed by atoms with Crippen molar-refractivity contribution in [2.45, 2.75) is 0 Å². The zero-order valence-corrected chi connectivity index (χ0v) is 4.45. The van der Waals surface area contributed by atoms with Crippen molar-refractivity contribution in [1.82, 2.24) is 0 Å². The van der Waals surface area contributed by atoms with Crippen LogP contribution in [0.1, 0.15) is 1.43 Å². The zero-order chi connectivity index (χ0) is 4.50. The molecule has 0 atom stereocenters. The van der Waals surface area contributed by atoms with Crippen molar-refractivity contribution < 1.29 is 5.91 Å². The first-order valence-electron chi connectivity index (χ1n) is 1.79. The summed E-state index contributed by atoms with van der Waals surface area (Å²) in [5, 5.41) is 0. The minimum absolute atomic E-state index is 0. The van der Waals surface area contributed by atoms with E-state index in [9.17, 15) is 0 Å². The highest BCUT2D eigenvalue weighted by Gasteiger charge is 1.88. The van der Waals surface area contributed by atoms with Crippen LogP contribution in [0.4, 0.5) is 0 Å². The minimum atomic E-state index is 0. The monoisotopic (exact) mass is 89.1 g/mol. The Hall–Kier alpha value is 0.0249. The van der Waals surface area contributed by atoms with Crippen LogP contribution < -0.4 is 0 Å². The van der Waals surface area contributed by atoms with Crippen molar-refractivity contribution in [3.05, 3.63) is 0 Å². The number of hydrogen-bond donors (Lipinski definition) is 0. The Bertz CT molecular complexity index is 27.2. The molecule has 0 aliphatic carbocycles. The second-order valence-corrected chi connectivity index (χ2v) is 2.68. The molecule has 0 heterocycles. The molecule has 0 saturated heterocycles. The fourth-order valence-corrected chi connectivity index (χ4v) is 0. The van der Waals surface area contributed by atoms with E-state index in [0.717, 1.165) is 4.48 Å². The van der Waals surface area contributed by atoms with Crippen molar-refractivity contribution in [3.8, 4) is 0 Å². The fourth-order valence-electron chi connectivity index (χ4n) is 0. The molecule has 6 heavy (non-hydrogen) atoms. The standard InChI is InChI=1S/C4H12N.BH3.H/c1-5(2,3)4;;/h1-4H3;1H3;/q+1;;-1. The van der Waals surface area contributed by atoms with Gasteiger partial charge in [0.25, 0.3) is 0 Å². The van der Waals surface area contributed by atoms with Crippen LogP contribution in [0.3, 0.4) is 0 Å². The van der Waals surface area contributed by atoms with E-state index in [4.69, 9.17) is 0 Å². The zero-order valence-electron chi connectivity index (χ0n) is 5.45. The molecule has 0 amide bonds. The molecule has 0 aliphatic heterocycles. The molecule has 0 fully saturated rings. The lowest BCUT2D eigenvalue weighted by Gasteiger charge is -2.14. The van der Waals surface area contributed by atoms with Crippen molar-refractivity contribution in [1.29, 1.82) is 0 Å². The van der Waals surface area contributed by atoms with E-state index in [2.05, 4.69) is 28.2 Å². The molecule has 0 aromatic rings. The lowest BCUT2D eigenvalue weighted by atomic mass is 10.8. The Morgan fingerprint density at radius 2 is 1.00 bits per heavy atom. The molecular formula is C4H16BN. The van der Waals surface area contributed by atoms with Crippen LogP contribution in [-0.2, 0) is 0 Å². The van der Waals surface area contributed by atoms with Gasteiger partial charge < -0.3 is 5.91 Å². The van der Waals surface area contributed by atoms with Gasteiger partial charge in [0.1, 0.15) is 0 Å². The van der Waals surface area contributed by atoms with Crippen molar-refractivity contribution >= 4 is 8.41 Å². The Kier molecular flexibility index (Phi) is 3.51. The van der Waals surface area contributed by atoms with Gasteiger partial charge in [-0.2, -0.15) is 0 Å². The van der Waals surface area contributed by atoms with Crippen molar-refractivity contribution in [2.75, 3.05) is 28.2 Å². The number of quaternary nitrogens is 1. The summed E-state index contributed by atoms with van der Waals surface area (Å²) in [6.45, 7) is 0. The first-order chi connectivity index (χ1) is 2.00. The summed E-state index contributed by atoms with van der Waals surface area (Å²) in [7, 11) is 8.50. The minimum Gasteiger partial charge on any atom is -1.00 e. The van der Waals surface area contributed by atoms with E-state index in [1.807, 2.05) is 0 Å². The smallest absolute Gasteiger partial charge is 0.0814 e. The van der Waals surface area contributed by atoms with Crippen LogP contribution in [0.5, 0.6) is 0 Å². The normalized spacial score (nSPS) is 10.0. The second-order valence-electron chi connectivity index (χ2n) is 2.68. The van der Waals surface area contributed by atoms with Crippen LogP contribution in [0, 0.1) is 0 Å². The maximum absolute atomic E-state index is 2.12. The van der Waals surface area contributed by atoms with Gasteiger partial charge in [0.05, 0.1) is 36.6 Å². The largest absolute Gasteiger partial charge is 1.00 e. The van der Waals surface area contributed by atoms with Crippen LogP contribution in [0.25, 0.3) is 0 Å². The highest BCUT2D eigenvalue weighted by molar-refractivity contribution is 5.75. The van der Waals surface area contributed by atoms with Crippen LogP contribution in [-0.4, -0.2) is 41.1 Å². The Balaban J connectivity index is -0.0000000800. The van der Waals surface area contributed by atoms with Gasteiger partial charge in [-0.15, -0.1) is 0 Å². The van der Waals surface area contributed by atoms with E-state index < -0.39 is 0 Å². The van der Waals surface area contributed by atoms with E-state index >= 15 is 0 Å². The van der Waals surface area contributed by atoms with E-state index in [-0.39, 0.29) is 9.84 Å². The number of hydrogen-bond acceptors (Lipinski definition) is 0. The summed E-state index contributed by atoms with van der Waals surface area (Å²) < 4.78 is 1.00. The van der Waals surface area contributed by atoms with Gasteiger partial charge in [-0.05, 0) is 0 Å². The van der Waals surface area contributed by atoms with Gasteiger partial charge in [0.2, 0.25) is 0 Å². The molecule has 0 aliphatic rings. The van der Waals surface area contributed by atoms with Crippen LogP contribution in [0.2, 0.25) is 0 Å². The average Bonchev–Trinajstić information content (AvgIpc) is 0.722. The van der Waals surface area contributed by atoms with E-state index in [1.165, 1.54) is 0 Å². The predicted octanol–water partition coefficient (Wildman–Crippen LogP) is -0.749. The van der Waals surface area contributed by atoms with Gasteiger partial charge >= 0.3 is 0 Å². The Labute approximate surface area is 43.6 Å². The molecule has 2 heteroatoms. The summed E-state index contributed by atoms with van der Waals surface area (Å²) in [4.78, 5) is 0. The maximum Gasteiger partial charge on any atom is 0.0814 e. The third-order valence-corrected chi connectivity index (χ3v) is 0. The SMILES string of the molecule is B.C[N+](C)(C)C.[H-]. The lowest BCUT2D eigenvalue weighted by molar-refractivity contribution is -0.849. The lowest BCUT2D eigenvalue weighted by Crippen LogP contribution is -2.27. The highest BCUT2D eigenvalue weighted by atomic mass is 15.2. The van der Waals surface area contributed by atoms with Gasteiger partial charge in [-0.1, -0.05) is 0 Å². The van der Waals surface area contributed by atoms with Crippen LogP contribution >= 0.6 is 0 Å². The summed E-state index contributed by atoms with van der Waals surface area (Å²) >= 11 is 0. The fraction of sp³-hybridized carbons (Fsp3) is 1.00. The third kappa shape index (κ3) is 59200. The molecule has 0 rings (SSSR count). The number of rotatable bonds is 0. The van der Waals surface area contributed by atoms with Crippen LogP contribution in [0.15, 0.2) is 0 Å². The number of nitrogens with zero attached hydrogens (tertiary/aromatic N) is 1. The molecule has 0 aromatic heterocycles. The summed E-state index contributed by atoms with van der Waals surface area (Å²) in [5.74, 6) is 0. The molecule has 0 radical (unpaired) electrons. The molecule has 0 bridgehead atoms. The van der Waals surface area contributed by atoms with Gasteiger partial charge in [0.15, 0.2) is 0 Å². The Morgan fingerprint density at radius 3 is 1.00 bits per heavy atom. The summed E-state index contributed by atoms with van der Waals surface area (Å²) in [6, 6.07) is 0. The highest BCUT2D eigenvalue weighted by Crippen LogP contribution is 1.73. The molecule has 0 spiro atoms. The molecular weight excluding hydrogens is 72.9 g/mol. The van der Waals surface area contributed by atoms with Gasteiger partial charge in [-0.25, -0.2) is 0 Å². The Morgan fingerprint density at radius 1 is 1.00 bits per heavy atom. The summed E-state index contributed by atoms with van der Waals surface area (Å²) in [6.07, 6.45) is 0. The van der Waals surface area contributed by atoms with Gasteiger partial charge in [-0.3, -0.25) is 0 Å². The first-order valence-corrected chi connectivity index (χ1v) is 1.79. The molecule has 0 aromatic carbocycles. The second kappa shape index (κ2) is 2.24. The maximum atomic E-state index is 2.12. The topological polar surface area (TPSA) is 0 Å². The van der Waals surface area contributed by atoms with E-state index in [0.29, 0.717) is 0 Å². The quantitative estimate of drug-likeness (QED) is 0.270. The summed E-state index contributed by atoms with van der Waals surface area (Å²) in [5.41, 5.74) is 0. The molecule has 1 nitrogen and oxygen atoms in total. The van der Waals surface area contributed by atoms with Crippen molar-refractivity contribution in [2.24, 2.45) is 0 Å². The molecule has 0 saturated carbocycles. The molecule has 40 valence electrons.